The van der Waals surface area contributed by atoms with Crippen LogP contribution in [0.3, 0.4) is 0 Å². The van der Waals surface area contributed by atoms with Crippen LogP contribution in [0.5, 0.6) is 0 Å². The third-order valence-corrected chi connectivity index (χ3v) is 5.54. The van der Waals surface area contributed by atoms with Gasteiger partial charge < -0.3 is 30.1 Å². The van der Waals surface area contributed by atoms with E-state index in [-0.39, 0.29) is 24.8 Å². The summed E-state index contributed by atoms with van der Waals surface area (Å²) < 4.78 is 11.4. The van der Waals surface area contributed by atoms with Crippen LogP contribution in [-0.4, -0.2) is 66.2 Å². The van der Waals surface area contributed by atoms with Crippen LogP contribution < -0.4 is 15.5 Å². The summed E-state index contributed by atoms with van der Waals surface area (Å²) in [5, 5.41) is 15.1. The molecule has 31 heavy (non-hydrogen) atoms. The van der Waals surface area contributed by atoms with Crippen molar-refractivity contribution < 1.29 is 19.4 Å². The van der Waals surface area contributed by atoms with Crippen molar-refractivity contribution in [2.45, 2.75) is 39.0 Å². The van der Waals surface area contributed by atoms with Crippen LogP contribution in [0.25, 0.3) is 11.4 Å². The Morgan fingerprint density at radius 3 is 2.81 bits per heavy atom. The van der Waals surface area contributed by atoms with Crippen LogP contribution in [0.1, 0.15) is 25.1 Å². The van der Waals surface area contributed by atoms with E-state index >= 15 is 0 Å². The standard InChI is InChI=1S/C22H29N5O4/c1-3-23-22(29)24-16-6-4-15(5-7-16)20-25-19-10-17(11-28)31-13-18(19)21(26-20)27-8-9-30-12-14(27)2/h4-7,14,17,28H,3,8-13H2,1-2H3,(H2,23,24,29)/t14-,17?/m0/s1. The van der Waals surface area contributed by atoms with Gasteiger partial charge in [0.15, 0.2) is 5.82 Å². The second kappa shape index (κ2) is 9.59. The van der Waals surface area contributed by atoms with E-state index in [2.05, 4.69) is 22.5 Å². The van der Waals surface area contributed by atoms with Crippen molar-refractivity contribution in [1.29, 1.82) is 0 Å². The van der Waals surface area contributed by atoms with Gasteiger partial charge in [-0.25, -0.2) is 14.8 Å². The monoisotopic (exact) mass is 427 g/mol. The first-order valence-corrected chi connectivity index (χ1v) is 10.7. The molecule has 1 unspecified atom stereocenters. The van der Waals surface area contributed by atoms with Crippen LogP contribution in [0, 0.1) is 0 Å². The number of nitrogens with one attached hydrogen (secondary N) is 2. The molecule has 1 saturated heterocycles. The lowest BCUT2D eigenvalue weighted by Gasteiger charge is -2.37. The van der Waals surface area contributed by atoms with Crippen molar-refractivity contribution in [3.63, 3.8) is 0 Å². The Labute approximate surface area is 181 Å². The highest BCUT2D eigenvalue weighted by molar-refractivity contribution is 5.89. The maximum atomic E-state index is 11.7. The van der Waals surface area contributed by atoms with Crippen LogP contribution in [0.15, 0.2) is 24.3 Å². The predicted molar refractivity (Wildman–Crippen MR) is 117 cm³/mol. The number of fused-ring (bicyclic) bond motifs is 1. The third-order valence-electron chi connectivity index (χ3n) is 5.54. The second-order valence-corrected chi connectivity index (χ2v) is 7.79. The lowest BCUT2D eigenvalue weighted by molar-refractivity contribution is -0.00827. The number of nitrogens with zero attached hydrogens (tertiary/aromatic N) is 3. The molecule has 0 aliphatic carbocycles. The minimum atomic E-state index is -0.256. The molecular formula is C22H29N5O4. The summed E-state index contributed by atoms with van der Waals surface area (Å²) >= 11 is 0. The molecule has 3 N–H and O–H groups in total. The number of ether oxygens (including phenoxy) is 2. The SMILES string of the molecule is CCNC(=O)Nc1ccc(-c2nc3c(c(N4CCOC[C@@H]4C)n2)COC(CO)C3)cc1. The van der Waals surface area contributed by atoms with Crippen molar-refractivity contribution in [1.82, 2.24) is 15.3 Å². The van der Waals surface area contributed by atoms with Crippen LogP contribution in [-0.2, 0) is 22.5 Å². The van der Waals surface area contributed by atoms with Gasteiger partial charge in [0, 0.05) is 36.3 Å². The minimum Gasteiger partial charge on any atom is -0.394 e. The summed E-state index contributed by atoms with van der Waals surface area (Å²) in [7, 11) is 0. The fourth-order valence-corrected chi connectivity index (χ4v) is 3.87. The normalized spacial score (nSPS) is 20.8. The number of hydrogen-bond donors (Lipinski definition) is 3. The van der Waals surface area contributed by atoms with Gasteiger partial charge >= 0.3 is 6.03 Å². The largest absolute Gasteiger partial charge is 0.394 e. The molecule has 2 atom stereocenters. The van der Waals surface area contributed by atoms with Crippen LogP contribution in [0.2, 0.25) is 0 Å². The number of aliphatic hydroxyl groups excluding tert-OH is 1. The van der Waals surface area contributed by atoms with Crippen molar-refractivity contribution in [3.05, 3.63) is 35.5 Å². The number of aromatic nitrogens is 2. The Bertz CT molecular complexity index is 921. The van der Waals surface area contributed by atoms with Crippen LogP contribution in [0.4, 0.5) is 16.3 Å². The smallest absolute Gasteiger partial charge is 0.319 e. The highest BCUT2D eigenvalue weighted by Crippen LogP contribution is 2.32. The van der Waals surface area contributed by atoms with E-state index < -0.39 is 0 Å². The fraction of sp³-hybridized carbons (Fsp3) is 0.500. The number of hydrogen-bond acceptors (Lipinski definition) is 7. The van der Waals surface area contributed by atoms with Gasteiger partial charge in [-0.3, -0.25) is 0 Å². The molecule has 0 saturated carbocycles. The quantitative estimate of drug-likeness (QED) is 0.669. The molecule has 0 bridgehead atoms. The van der Waals surface area contributed by atoms with E-state index in [1.165, 1.54) is 0 Å². The molecule has 1 aromatic carbocycles. The molecule has 166 valence electrons. The number of urea groups is 1. The number of carbonyl (C=O) groups excluding carboxylic acids is 1. The fourth-order valence-electron chi connectivity index (χ4n) is 3.87. The van der Waals surface area contributed by atoms with Crippen LogP contribution >= 0.6 is 0 Å². The van der Waals surface area contributed by atoms with E-state index in [4.69, 9.17) is 19.4 Å². The average Bonchev–Trinajstić information content (AvgIpc) is 2.79. The Balaban J connectivity index is 1.67. The number of rotatable bonds is 5. The first kappa shape index (κ1) is 21.5. The second-order valence-electron chi connectivity index (χ2n) is 7.79. The minimum absolute atomic E-state index is 0.0394. The number of aliphatic hydroxyl groups is 1. The van der Waals surface area contributed by atoms with Gasteiger partial charge in [-0.2, -0.15) is 0 Å². The Morgan fingerprint density at radius 2 is 2.10 bits per heavy atom. The van der Waals surface area contributed by atoms with Crippen molar-refractivity contribution in [2.24, 2.45) is 0 Å². The lowest BCUT2D eigenvalue weighted by atomic mass is 10.0. The van der Waals surface area contributed by atoms with Gasteiger partial charge in [0.05, 0.1) is 44.3 Å². The molecule has 1 fully saturated rings. The molecule has 9 heteroatoms. The van der Waals surface area contributed by atoms with E-state index in [9.17, 15) is 9.90 Å². The van der Waals surface area contributed by atoms with E-state index in [1.807, 2.05) is 31.2 Å². The molecule has 3 heterocycles. The lowest BCUT2D eigenvalue weighted by Crippen LogP contribution is -2.45. The number of benzene rings is 1. The zero-order valence-corrected chi connectivity index (χ0v) is 17.9. The highest BCUT2D eigenvalue weighted by Gasteiger charge is 2.29. The van der Waals surface area contributed by atoms with E-state index in [0.29, 0.717) is 44.3 Å². The first-order chi connectivity index (χ1) is 15.1. The van der Waals surface area contributed by atoms with Gasteiger partial charge in [0.2, 0.25) is 0 Å². The highest BCUT2D eigenvalue weighted by atomic mass is 16.5. The maximum absolute atomic E-state index is 11.7. The number of anilines is 2. The summed E-state index contributed by atoms with van der Waals surface area (Å²) in [6.07, 6.45) is 0.290. The third kappa shape index (κ3) is 4.79. The molecule has 0 spiro atoms. The molecule has 2 aliphatic rings. The number of morpholine rings is 1. The molecular weight excluding hydrogens is 398 g/mol. The Morgan fingerprint density at radius 1 is 1.29 bits per heavy atom. The molecule has 2 aliphatic heterocycles. The van der Waals surface area contributed by atoms with Gasteiger partial charge in [-0.1, -0.05) is 0 Å². The van der Waals surface area contributed by atoms with E-state index in [0.717, 1.165) is 29.2 Å². The molecule has 9 nitrogen and oxygen atoms in total. The number of carbonyl (C=O) groups is 1. The summed E-state index contributed by atoms with van der Waals surface area (Å²) in [6.45, 7) is 6.95. The molecule has 2 amide bonds. The van der Waals surface area contributed by atoms with Crippen molar-refractivity contribution >= 4 is 17.5 Å². The van der Waals surface area contributed by atoms with Crippen molar-refractivity contribution in [3.8, 4) is 11.4 Å². The summed E-state index contributed by atoms with van der Waals surface area (Å²) in [6, 6.07) is 7.43. The molecule has 0 radical (unpaired) electrons. The van der Waals surface area contributed by atoms with Crippen molar-refractivity contribution in [2.75, 3.05) is 43.1 Å². The zero-order chi connectivity index (χ0) is 21.8. The predicted octanol–water partition coefficient (Wildman–Crippen LogP) is 1.94. The molecule has 4 rings (SSSR count). The van der Waals surface area contributed by atoms with E-state index in [1.54, 1.807) is 0 Å². The zero-order valence-electron chi connectivity index (χ0n) is 17.9. The molecule has 2 aromatic rings. The Hall–Kier alpha value is -2.75. The average molecular weight is 428 g/mol. The number of amides is 2. The Kier molecular flexibility index (Phi) is 6.64. The summed E-state index contributed by atoms with van der Waals surface area (Å²) in [4.78, 5) is 23.7. The van der Waals surface area contributed by atoms with Gasteiger partial charge in [0.25, 0.3) is 0 Å². The van der Waals surface area contributed by atoms with Gasteiger partial charge in [-0.05, 0) is 38.1 Å². The molecule has 1 aromatic heterocycles. The van der Waals surface area contributed by atoms with Gasteiger partial charge in [0.1, 0.15) is 5.82 Å². The van der Waals surface area contributed by atoms with Gasteiger partial charge in [-0.15, -0.1) is 0 Å². The maximum Gasteiger partial charge on any atom is 0.319 e. The summed E-state index contributed by atoms with van der Waals surface area (Å²) in [5.74, 6) is 1.49. The first-order valence-electron chi connectivity index (χ1n) is 10.7. The summed E-state index contributed by atoms with van der Waals surface area (Å²) in [5.41, 5.74) is 3.45. The topological polar surface area (TPSA) is 109 Å².